The average Bonchev–Trinajstić information content (AvgIpc) is 3.10. The Bertz CT molecular complexity index is 717. The molecule has 0 saturated heterocycles. The summed E-state index contributed by atoms with van der Waals surface area (Å²) in [5.74, 6) is -0.462. The molecule has 0 aromatic rings. The van der Waals surface area contributed by atoms with E-state index in [1.807, 2.05) is 0 Å². The number of aliphatic hydroxyl groups is 2. The number of hydrogen-bond donors (Lipinski definition) is 3. The largest absolute Gasteiger partial charge is 0.462 e. The van der Waals surface area contributed by atoms with Crippen LogP contribution in [0, 0.1) is 0 Å². The molecule has 0 aliphatic heterocycles. The molecule has 6 nitrogen and oxygen atoms in total. The van der Waals surface area contributed by atoms with Crippen LogP contribution in [0.3, 0.4) is 0 Å². The van der Waals surface area contributed by atoms with E-state index in [4.69, 9.17) is 4.74 Å². The molecule has 3 unspecified atom stereocenters. The summed E-state index contributed by atoms with van der Waals surface area (Å²) in [5, 5.41) is 23.6. The Morgan fingerprint density at radius 1 is 0.500 bits per heavy atom. The van der Waals surface area contributed by atoms with Crippen molar-refractivity contribution in [3.63, 3.8) is 0 Å². The molecule has 0 saturated carbocycles. The minimum Gasteiger partial charge on any atom is -0.462 e. The van der Waals surface area contributed by atoms with Crippen LogP contribution in [-0.4, -0.2) is 46.9 Å². The van der Waals surface area contributed by atoms with Gasteiger partial charge in [-0.3, -0.25) is 9.59 Å². The van der Waals surface area contributed by atoms with Gasteiger partial charge in [-0.15, -0.1) is 0 Å². The van der Waals surface area contributed by atoms with Crippen LogP contribution >= 0.6 is 0 Å². The predicted molar refractivity (Wildman–Crippen MR) is 214 cm³/mol. The predicted octanol–water partition coefficient (Wildman–Crippen LogP) is 12.4. The topological polar surface area (TPSA) is 95.9 Å². The van der Waals surface area contributed by atoms with E-state index >= 15 is 0 Å². The second-order valence-electron chi connectivity index (χ2n) is 15.5. The first-order valence-corrected chi connectivity index (χ1v) is 22.3. The molecule has 0 heterocycles. The average molecular weight is 710 g/mol. The van der Waals surface area contributed by atoms with Crippen LogP contribution in [0.25, 0.3) is 0 Å². The van der Waals surface area contributed by atoms with Gasteiger partial charge in [0.15, 0.2) is 0 Å². The van der Waals surface area contributed by atoms with Gasteiger partial charge in [-0.2, -0.15) is 0 Å². The van der Waals surface area contributed by atoms with Crippen molar-refractivity contribution in [3.8, 4) is 0 Å². The van der Waals surface area contributed by atoms with Crippen molar-refractivity contribution in [2.75, 3.05) is 6.61 Å². The molecule has 0 rings (SSSR count). The van der Waals surface area contributed by atoms with E-state index in [9.17, 15) is 19.8 Å². The molecule has 1 amide bonds. The number of aliphatic hydroxyl groups excluding tert-OH is 2. The van der Waals surface area contributed by atoms with Crippen LogP contribution in [0.1, 0.15) is 245 Å². The maximum absolute atomic E-state index is 13.1. The molecule has 298 valence electrons. The van der Waals surface area contributed by atoms with Crippen molar-refractivity contribution in [1.82, 2.24) is 5.32 Å². The van der Waals surface area contributed by atoms with Crippen LogP contribution in [0.2, 0.25) is 0 Å². The Balaban J connectivity index is 4.55. The van der Waals surface area contributed by atoms with E-state index in [1.165, 1.54) is 154 Å². The highest BCUT2D eigenvalue weighted by molar-refractivity contribution is 5.77. The van der Waals surface area contributed by atoms with E-state index in [2.05, 4.69) is 26.1 Å². The summed E-state index contributed by atoms with van der Waals surface area (Å²) in [6, 6.07) is -0.689. The van der Waals surface area contributed by atoms with Crippen molar-refractivity contribution >= 4 is 11.9 Å². The van der Waals surface area contributed by atoms with Crippen molar-refractivity contribution in [3.05, 3.63) is 0 Å². The fourth-order valence-electron chi connectivity index (χ4n) is 7.02. The number of rotatable bonds is 40. The molecule has 0 spiro atoms. The Morgan fingerprint density at radius 2 is 0.840 bits per heavy atom. The lowest BCUT2D eigenvalue weighted by atomic mass is 10.0. The van der Waals surface area contributed by atoms with Gasteiger partial charge >= 0.3 is 5.97 Å². The molecule has 0 radical (unpaired) electrons. The lowest BCUT2D eigenvalue weighted by molar-refractivity contribution is -0.151. The summed E-state index contributed by atoms with van der Waals surface area (Å²) in [5.41, 5.74) is 0. The van der Waals surface area contributed by atoms with Crippen LogP contribution in [0.4, 0.5) is 0 Å². The molecule has 0 fully saturated rings. The number of unbranched alkanes of at least 4 members (excludes halogenated alkanes) is 28. The third-order valence-corrected chi connectivity index (χ3v) is 10.4. The fourth-order valence-corrected chi connectivity index (χ4v) is 7.02. The Morgan fingerprint density at radius 3 is 1.22 bits per heavy atom. The van der Waals surface area contributed by atoms with Gasteiger partial charge in [-0.25, -0.2) is 0 Å². The molecule has 50 heavy (non-hydrogen) atoms. The maximum atomic E-state index is 13.1. The van der Waals surface area contributed by atoms with Gasteiger partial charge < -0.3 is 20.3 Å². The molecule has 0 aliphatic carbocycles. The molecule has 6 heteroatoms. The first-order chi connectivity index (χ1) is 24.5. The second-order valence-corrected chi connectivity index (χ2v) is 15.5. The number of amides is 1. The highest BCUT2D eigenvalue weighted by Gasteiger charge is 2.24. The highest BCUT2D eigenvalue weighted by Crippen LogP contribution is 2.18. The van der Waals surface area contributed by atoms with E-state index in [0.29, 0.717) is 19.3 Å². The molecule has 3 atom stereocenters. The molecule has 3 N–H and O–H groups in total. The molecule has 0 aromatic heterocycles. The normalized spacial score (nSPS) is 13.3. The van der Waals surface area contributed by atoms with E-state index in [-0.39, 0.29) is 24.9 Å². The van der Waals surface area contributed by atoms with Gasteiger partial charge in [0, 0.05) is 6.42 Å². The zero-order valence-electron chi connectivity index (χ0n) is 33.8. The van der Waals surface area contributed by atoms with Crippen LogP contribution < -0.4 is 5.32 Å². The first-order valence-electron chi connectivity index (χ1n) is 22.3. The number of nitrogens with one attached hydrogen (secondary N) is 1. The van der Waals surface area contributed by atoms with Gasteiger partial charge in [0.05, 0.1) is 25.2 Å². The summed E-state index contributed by atoms with van der Waals surface area (Å²) >= 11 is 0. The number of carbonyl (C=O) groups excluding carboxylic acids is 2. The third-order valence-electron chi connectivity index (χ3n) is 10.4. The van der Waals surface area contributed by atoms with Gasteiger partial charge in [0.2, 0.25) is 5.91 Å². The van der Waals surface area contributed by atoms with Crippen LogP contribution in [0.15, 0.2) is 0 Å². The molecule has 0 aliphatic rings. The lowest BCUT2D eigenvalue weighted by Crippen LogP contribution is -2.46. The van der Waals surface area contributed by atoms with E-state index in [1.54, 1.807) is 0 Å². The zero-order chi connectivity index (χ0) is 36.8. The van der Waals surface area contributed by atoms with Gasteiger partial charge in [0.25, 0.3) is 0 Å². The first kappa shape index (κ1) is 48.9. The summed E-state index contributed by atoms with van der Waals surface area (Å²) in [6.45, 7) is 6.45. The standard InChI is InChI=1S/C44H87NO5/c1-4-7-10-13-16-19-22-23-26-29-32-35-40(50-44(49)37-34-31-28-25-21-18-15-12-9-6-3)38-43(48)45-41(39-46)42(47)36-33-30-27-24-20-17-14-11-8-5-2/h40-42,46-47H,4-39H2,1-3H3,(H,45,48). The lowest BCUT2D eigenvalue weighted by Gasteiger charge is -2.24. The van der Waals surface area contributed by atoms with Crippen molar-refractivity contribution < 1.29 is 24.5 Å². The minimum atomic E-state index is -0.776. The number of hydrogen-bond acceptors (Lipinski definition) is 5. The number of ether oxygens (including phenoxy) is 1. The quantitative estimate of drug-likeness (QED) is 0.0435. The van der Waals surface area contributed by atoms with E-state index in [0.717, 1.165) is 44.9 Å². The fraction of sp³-hybridized carbons (Fsp3) is 0.955. The van der Waals surface area contributed by atoms with Gasteiger partial charge in [-0.05, 0) is 25.7 Å². The van der Waals surface area contributed by atoms with Crippen molar-refractivity contribution in [2.45, 2.75) is 264 Å². The molecule has 0 bridgehead atoms. The second kappa shape index (κ2) is 39.1. The number of esters is 1. The van der Waals surface area contributed by atoms with Crippen LogP contribution in [-0.2, 0) is 14.3 Å². The molecular weight excluding hydrogens is 622 g/mol. The summed E-state index contributed by atoms with van der Waals surface area (Å²) in [7, 11) is 0. The summed E-state index contributed by atoms with van der Waals surface area (Å²) < 4.78 is 5.89. The number of carbonyl (C=O) groups is 2. The monoisotopic (exact) mass is 710 g/mol. The zero-order valence-corrected chi connectivity index (χ0v) is 33.8. The van der Waals surface area contributed by atoms with Gasteiger partial charge in [-0.1, -0.05) is 207 Å². The Hall–Kier alpha value is -1.14. The van der Waals surface area contributed by atoms with Gasteiger partial charge in [0.1, 0.15) is 6.10 Å². The smallest absolute Gasteiger partial charge is 0.306 e. The molecule has 0 aromatic carbocycles. The SMILES string of the molecule is CCCCCCCCCCCCCC(CC(=O)NC(CO)C(O)CCCCCCCCCCCC)OC(=O)CCCCCCCCCCCC. The Labute approximate surface area is 311 Å². The third kappa shape index (κ3) is 34.0. The van der Waals surface area contributed by atoms with Crippen LogP contribution in [0.5, 0.6) is 0 Å². The molecular formula is C44H87NO5. The maximum Gasteiger partial charge on any atom is 0.306 e. The van der Waals surface area contributed by atoms with Crippen molar-refractivity contribution in [2.24, 2.45) is 0 Å². The Kier molecular flexibility index (Phi) is 38.2. The summed E-state index contributed by atoms with van der Waals surface area (Å²) in [6.07, 6.45) is 38.7. The summed E-state index contributed by atoms with van der Waals surface area (Å²) in [4.78, 5) is 25.9. The van der Waals surface area contributed by atoms with E-state index < -0.39 is 18.2 Å². The minimum absolute atomic E-state index is 0.0863. The van der Waals surface area contributed by atoms with Crippen molar-refractivity contribution in [1.29, 1.82) is 0 Å². The highest BCUT2D eigenvalue weighted by atomic mass is 16.5.